The molecule has 0 radical (unpaired) electrons. The van der Waals surface area contributed by atoms with Crippen molar-refractivity contribution in [3.8, 4) is 11.5 Å². The minimum Gasteiger partial charge on any atom is -0.493 e. The number of fused-ring (bicyclic) bond motifs is 1. The van der Waals surface area contributed by atoms with Crippen molar-refractivity contribution >= 4 is 0 Å². The Morgan fingerprint density at radius 1 is 1.35 bits per heavy atom. The van der Waals surface area contributed by atoms with E-state index in [9.17, 15) is 5.11 Å². The molecule has 0 saturated heterocycles. The Hall–Kier alpha value is -1.48. The maximum atomic E-state index is 10.5. The van der Waals surface area contributed by atoms with Gasteiger partial charge in [0.05, 0.1) is 14.2 Å². The van der Waals surface area contributed by atoms with Gasteiger partial charge in [-0.25, -0.2) is 0 Å². The summed E-state index contributed by atoms with van der Waals surface area (Å²) in [6.07, 6.45) is 4.13. The first-order chi connectivity index (χ1) is 8.16. The van der Waals surface area contributed by atoms with E-state index in [-0.39, 0.29) is 0 Å². The Bertz CT molecular complexity index is 439. The smallest absolute Gasteiger partial charge is 0.164 e. The monoisotopic (exact) mass is 234 g/mol. The molecule has 1 aliphatic rings. The lowest BCUT2D eigenvalue weighted by Crippen LogP contribution is -2.28. The zero-order valence-electron chi connectivity index (χ0n) is 10.3. The number of rotatable bonds is 3. The SMILES string of the molecule is C=CC1(O)CCCc2c1ccc(OC)c2OC. The van der Waals surface area contributed by atoms with Crippen LogP contribution in [0, 0.1) is 0 Å². The van der Waals surface area contributed by atoms with E-state index in [1.807, 2.05) is 12.1 Å². The predicted molar refractivity (Wildman–Crippen MR) is 66.6 cm³/mol. The summed E-state index contributed by atoms with van der Waals surface area (Å²) >= 11 is 0. The standard InChI is InChI=1S/C14H18O3/c1-4-14(15)9-5-6-10-11(14)7-8-12(16-2)13(10)17-3/h4,7-8,15H,1,5-6,9H2,2-3H3. The Balaban J connectivity index is 2.62. The summed E-state index contributed by atoms with van der Waals surface area (Å²) in [6, 6.07) is 3.73. The molecule has 0 amide bonds. The van der Waals surface area contributed by atoms with Gasteiger partial charge >= 0.3 is 0 Å². The van der Waals surface area contributed by atoms with Crippen molar-refractivity contribution in [1.29, 1.82) is 0 Å². The number of aliphatic hydroxyl groups is 1. The quantitative estimate of drug-likeness (QED) is 0.816. The van der Waals surface area contributed by atoms with Gasteiger partial charge in [-0.05, 0) is 30.9 Å². The summed E-state index contributed by atoms with van der Waals surface area (Å²) in [6.45, 7) is 3.73. The normalized spacial score (nSPS) is 22.8. The van der Waals surface area contributed by atoms with Crippen molar-refractivity contribution in [2.45, 2.75) is 24.9 Å². The molecule has 0 heterocycles. The lowest BCUT2D eigenvalue weighted by Gasteiger charge is -2.33. The third-order valence-electron chi connectivity index (χ3n) is 3.44. The molecule has 0 fully saturated rings. The van der Waals surface area contributed by atoms with Gasteiger partial charge in [-0.1, -0.05) is 18.7 Å². The van der Waals surface area contributed by atoms with E-state index in [1.54, 1.807) is 20.3 Å². The largest absolute Gasteiger partial charge is 0.493 e. The van der Waals surface area contributed by atoms with Gasteiger partial charge < -0.3 is 14.6 Å². The van der Waals surface area contributed by atoms with Crippen LogP contribution in [0.5, 0.6) is 11.5 Å². The number of benzene rings is 1. The van der Waals surface area contributed by atoms with Gasteiger partial charge in [-0.3, -0.25) is 0 Å². The average molecular weight is 234 g/mol. The molecule has 1 aliphatic carbocycles. The second-order valence-corrected chi connectivity index (χ2v) is 4.31. The summed E-state index contributed by atoms with van der Waals surface area (Å²) in [4.78, 5) is 0. The van der Waals surface area contributed by atoms with E-state index in [4.69, 9.17) is 9.47 Å². The van der Waals surface area contributed by atoms with Crippen LogP contribution in [0.3, 0.4) is 0 Å². The summed E-state index contributed by atoms with van der Waals surface area (Å²) in [5.41, 5.74) is 0.976. The Labute approximate surface area is 102 Å². The lowest BCUT2D eigenvalue weighted by molar-refractivity contribution is 0.0696. The fraction of sp³-hybridized carbons (Fsp3) is 0.429. The van der Waals surface area contributed by atoms with Crippen LogP contribution in [0.1, 0.15) is 24.0 Å². The Morgan fingerprint density at radius 2 is 2.12 bits per heavy atom. The zero-order chi connectivity index (χ0) is 12.5. The molecule has 2 rings (SSSR count). The summed E-state index contributed by atoms with van der Waals surface area (Å²) in [7, 11) is 3.24. The number of ether oxygens (including phenoxy) is 2. The van der Waals surface area contributed by atoms with Crippen molar-refractivity contribution in [2.24, 2.45) is 0 Å². The van der Waals surface area contributed by atoms with Crippen LogP contribution in [0.25, 0.3) is 0 Å². The first-order valence-electron chi connectivity index (χ1n) is 5.76. The molecule has 1 atom stereocenters. The predicted octanol–water partition coefficient (Wildman–Crippen LogP) is 2.41. The number of hydrogen-bond acceptors (Lipinski definition) is 3. The topological polar surface area (TPSA) is 38.7 Å². The van der Waals surface area contributed by atoms with Gasteiger partial charge in [-0.15, -0.1) is 0 Å². The van der Waals surface area contributed by atoms with Gasteiger partial charge in [0.15, 0.2) is 11.5 Å². The molecule has 1 N–H and O–H groups in total. The van der Waals surface area contributed by atoms with E-state index >= 15 is 0 Å². The highest BCUT2D eigenvalue weighted by molar-refractivity contribution is 5.54. The van der Waals surface area contributed by atoms with Crippen LogP contribution >= 0.6 is 0 Å². The Morgan fingerprint density at radius 3 is 2.71 bits per heavy atom. The first-order valence-corrected chi connectivity index (χ1v) is 5.76. The van der Waals surface area contributed by atoms with Crippen molar-refractivity contribution in [3.05, 3.63) is 35.9 Å². The van der Waals surface area contributed by atoms with Crippen molar-refractivity contribution in [2.75, 3.05) is 14.2 Å². The molecule has 1 aromatic carbocycles. The van der Waals surface area contributed by atoms with E-state index in [0.29, 0.717) is 12.2 Å². The Kier molecular flexibility index (Phi) is 3.11. The summed E-state index contributed by atoms with van der Waals surface area (Å²) in [5.74, 6) is 1.43. The first kappa shape index (κ1) is 12.0. The van der Waals surface area contributed by atoms with Crippen LogP contribution in [0.15, 0.2) is 24.8 Å². The highest BCUT2D eigenvalue weighted by Crippen LogP contribution is 2.43. The molecule has 92 valence electrons. The molecular weight excluding hydrogens is 216 g/mol. The van der Waals surface area contributed by atoms with Crippen LogP contribution < -0.4 is 9.47 Å². The maximum absolute atomic E-state index is 10.5. The third-order valence-corrected chi connectivity index (χ3v) is 3.44. The number of methoxy groups -OCH3 is 2. The van der Waals surface area contributed by atoms with Crippen molar-refractivity contribution in [3.63, 3.8) is 0 Å². The molecule has 0 aromatic heterocycles. The second-order valence-electron chi connectivity index (χ2n) is 4.31. The molecule has 0 aliphatic heterocycles. The maximum Gasteiger partial charge on any atom is 0.164 e. The van der Waals surface area contributed by atoms with Gasteiger partial charge in [0.1, 0.15) is 5.60 Å². The molecular formula is C14H18O3. The van der Waals surface area contributed by atoms with Gasteiger partial charge in [0, 0.05) is 5.56 Å². The van der Waals surface area contributed by atoms with E-state index in [2.05, 4.69) is 6.58 Å². The molecule has 0 spiro atoms. The molecule has 1 unspecified atom stereocenters. The minimum absolute atomic E-state index is 0.707. The van der Waals surface area contributed by atoms with Crippen LogP contribution in [0.2, 0.25) is 0 Å². The summed E-state index contributed by atoms with van der Waals surface area (Å²) < 4.78 is 10.7. The van der Waals surface area contributed by atoms with Gasteiger partial charge in [0.25, 0.3) is 0 Å². The lowest BCUT2D eigenvalue weighted by atomic mass is 9.78. The number of hydrogen-bond donors (Lipinski definition) is 1. The van der Waals surface area contributed by atoms with Gasteiger partial charge in [-0.2, -0.15) is 0 Å². The fourth-order valence-corrected chi connectivity index (χ4v) is 2.53. The van der Waals surface area contributed by atoms with Crippen LogP contribution in [0.4, 0.5) is 0 Å². The van der Waals surface area contributed by atoms with Crippen LogP contribution in [-0.2, 0) is 12.0 Å². The zero-order valence-corrected chi connectivity index (χ0v) is 10.3. The minimum atomic E-state index is -0.937. The molecule has 3 nitrogen and oxygen atoms in total. The van der Waals surface area contributed by atoms with Gasteiger partial charge in [0.2, 0.25) is 0 Å². The highest BCUT2D eigenvalue weighted by atomic mass is 16.5. The average Bonchev–Trinajstić information content (AvgIpc) is 2.37. The van der Waals surface area contributed by atoms with Crippen molar-refractivity contribution < 1.29 is 14.6 Å². The van der Waals surface area contributed by atoms with E-state index in [1.165, 1.54) is 0 Å². The molecule has 0 bridgehead atoms. The van der Waals surface area contributed by atoms with E-state index in [0.717, 1.165) is 29.7 Å². The molecule has 3 heteroatoms. The second kappa shape index (κ2) is 4.41. The third kappa shape index (κ3) is 1.80. The molecule has 17 heavy (non-hydrogen) atoms. The van der Waals surface area contributed by atoms with E-state index < -0.39 is 5.60 Å². The highest BCUT2D eigenvalue weighted by Gasteiger charge is 2.33. The van der Waals surface area contributed by atoms with Crippen molar-refractivity contribution in [1.82, 2.24) is 0 Å². The van der Waals surface area contributed by atoms with Crippen LogP contribution in [-0.4, -0.2) is 19.3 Å². The fourth-order valence-electron chi connectivity index (χ4n) is 2.53. The summed E-state index contributed by atoms with van der Waals surface area (Å²) in [5, 5.41) is 10.5. The molecule has 1 aromatic rings. The molecule has 0 saturated carbocycles.